The first-order valence-corrected chi connectivity index (χ1v) is 7.68. The lowest BCUT2D eigenvalue weighted by Crippen LogP contribution is -2.17. The van der Waals surface area contributed by atoms with Crippen LogP contribution in [0.5, 0.6) is 5.75 Å². The van der Waals surface area contributed by atoms with Crippen LogP contribution in [0.15, 0.2) is 18.2 Å². The number of hydrogen-bond acceptors (Lipinski definition) is 3. The van der Waals surface area contributed by atoms with E-state index in [9.17, 15) is 0 Å². The molecule has 20 heavy (non-hydrogen) atoms. The van der Waals surface area contributed by atoms with Crippen LogP contribution in [-0.4, -0.2) is 26.9 Å². The van der Waals surface area contributed by atoms with Crippen molar-refractivity contribution >= 4 is 0 Å². The van der Waals surface area contributed by atoms with E-state index in [4.69, 9.17) is 9.47 Å². The van der Waals surface area contributed by atoms with Gasteiger partial charge in [-0.05, 0) is 63.3 Å². The van der Waals surface area contributed by atoms with Crippen molar-refractivity contribution in [2.24, 2.45) is 0 Å². The number of rotatable bonds is 7. The van der Waals surface area contributed by atoms with Crippen molar-refractivity contribution in [3.8, 4) is 5.75 Å². The van der Waals surface area contributed by atoms with E-state index in [-0.39, 0.29) is 0 Å². The van der Waals surface area contributed by atoms with Crippen LogP contribution in [0.1, 0.15) is 49.3 Å². The van der Waals surface area contributed by atoms with Gasteiger partial charge in [-0.15, -0.1) is 0 Å². The van der Waals surface area contributed by atoms with Gasteiger partial charge in [0.05, 0.1) is 13.2 Å². The Hall–Kier alpha value is -1.06. The third-order valence-corrected chi connectivity index (χ3v) is 4.21. The molecule has 1 saturated heterocycles. The molecule has 2 rings (SSSR count). The Morgan fingerprint density at radius 2 is 2.30 bits per heavy atom. The van der Waals surface area contributed by atoms with E-state index in [1.54, 1.807) is 7.11 Å². The van der Waals surface area contributed by atoms with Crippen LogP contribution in [0.4, 0.5) is 0 Å². The van der Waals surface area contributed by atoms with E-state index < -0.39 is 0 Å². The van der Waals surface area contributed by atoms with Crippen molar-refractivity contribution in [3.05, 3.63) is 29.3 Å². The van der Waals surface area contributed by atoms with Gasteiger partial charge in [0.15, 0.2) is 0 Å². The minimum atomic E-state index is 0.418. The van der Waals surface area contributed by atoms with Crippen molar-refractivity contribution in [2.45, 2.75) is 51.2 Å². The Balaban J connectivity index is 1.88. The molecule has 1 fully saturated rings. The summed E-state index contributed by atoms with van der Waals surface area (Å²) in [7, 11) is 3.76. The minimum absolute atomic E-state index is 0.418. The predicted molar refractivity (Wildman–Crippen MR) is 82.4 cm³/mol. The van der Waals surface area contributed by atoms with Crippen molar-refractivity contribution in [1.29, 1.82) is 0 Å². The Labute approximate surface area is 122 Å². The number of nitrogens with one attached hydrogen (secondary N) is 1. The molecule has 2 atom stereocenters. The Bertz CT molecular complexity index is 413. The van der Waals surface area contributed by atoms with Crippen LogP contribution >= 0.6 is 0 Å². The van der Waals surface area contributed by atoms with Gasteiger partial charge in [0.1, 0.15) is 5.75 Å². The van der Waals surface area contributed by atoms with Crippen LogP contribution < -0.4 is 10.1 Å². The van der Waals surface area contributed by atoms with E-state index in [0.717, 1.165) is 18.8 Å². The zero-order chi connectivity index (χ0) is 14.4. The summed E-state index contributed by atoms with van der Waals surface area (Å²) in [6, 6.07) is 6.88. The normalized spacial score (nSPS) is 20.1. The fraction of sp³-hybridized carbons (Fsp3) is 0.647. The summed E-state index contributed by atoms with van der Waals surface area (Å²) >= 11 is 0. The van der Waals surface area contributed by atoms with Gasteiger partial charge in [0, 0.05) is 12.6 Å². The molecular weight excluding hydrogens is 250 g/mol. The molecule has 1 aliphatic rings. The smallest absolute Gasteiger partial charge is 0.121 e. The first-order chi connectivity index (χ1) is 9.74. The van der Waals surface area contributed by atoms with Crippen LogP contribution in [-0.2, 0) is 4.74 Å². The number of aryl methyl sites for hydroxylation is 1. The van der Waals surface area contributed by atoms with E-state index in [1.165, 1.54) is 36.8 Å². The van der Waals surface area contributed by atoms with Gasteiger partial charge in [-0.2, -0.15) is 0 Å². The van der Waals surface area contributed by atoms with Gasteiger partial charge < -0.3 is 14.8 Å². The number of ether oxygens (including phenoxy) is 2. The van der Waals surface area contributed by atoms with Gasteiger partial charge in [0.2, 0.25) is 0 Å². The molecular formula is C17H27NO2. The number of methoxy groups -OCH3 is 1. The summed E-state index contributed by atoms with van der Waals surface area (Å²) in [4.78, 5) is 0. The predicted octanol–water partition coefficient (Wildman–Crippen LogP) is 3.61. The summed E-state index contributed by atoms with van der Waals surface area (Å²) in [6.45, 7) is 3.05. The quantitative estimate of drug-likeness (QED) is 0.826. The number of benzene rings is 1. The molecule has 0 aromatic heterocycles. The zero-order valence-corrected chi connectivity index (χ0v) is 12.9. The lowest BCUT2D eigenvalue weighted by atomic mass is 9.98. The van der Waals surface area contributed by atoms with Gasteiger partial charge in [0.25, 0.3) is 0 Å². The highest BCUT2D eigenvalue weighted by molar-refractivity contribution is 5.37. The van der Waals surface area contributed by atoms with Crippen LogP contribution in [0.25, 0.3) is 0 Å². The van der Waals surface area contributed by atoms with E-state index in [2.05, 4.69) is 30.4 Å². The summed E-state index contributed by atoms with van der Waals surface area (Å²) in [6.07, 6.45) is 6.53. The van der Waals surface area contributed by atoms with Crippen LogP contribution in [0.3, 0.4) is 0 Å². The van der Waals surface area contributed by atoms with Crippen LogP contribution in [0.2, 0.25) is 0 Å². The third-order valence-electron chi connectivity index (χ3n) is 4.21. The second-order valence-corrected chi connectivity index (χ2v) is 5.64. The molecule has 1 heterocycles. The van der Waals surface area contributed by atoms with Gasteiger partial charge in [-0.1, -0.05) is 12.1 Å². The maximum absolute atomic E-state index is 5.69. The van der Waals surface area contributed by atoms with Crippen LogP contribution in [0, 0.1) is 6.92 Å². The van der Waals surface area contributed by atoms with Gasteiger partial charge >= 0.3 is 0 Å². The Morgan fingerprint density at radius 3 is 2.90 bits per heavy atom. The topological polar surface area (TPSA) is 30.5 Å². The molecule has 1 aromatic carbocycles. The second kappa shape index (κ2) is 7.65. The molecule has 0 spiro atoms. The molecule has 3 heteroatoms. The molecule has 1 aromatic rings. The summed E-state index contributed by atoms with van der Waals surface area (Å²) < 4.78 is 11.0. The summed E-state index contributed by atoms with van der Waals surface area (Å²) in [5, 5.41) is 3.43. The molecule has 0 saturated carbocycles. The first kappa shape index (κ1) is 15.3. The van der Waals surface area contributed by atoms with Crippen molar-refractivity contribution in [3.63, 3.8) is 0 Å². The standard InChI is InChI=1S/C17H27NO2/c1-13-12-14(9-10-17(13)19-3)16(18-2)8-4-6-15-7-5-11-20-15/h9-10,12,15-16,18H,4-8,11H2,1-3H3. The Kier molecular flexibility index (Phi) is 5.86. The highest BCUT2D eigenvalue weighted by Gasteiger charge is 2.16. The molecule has 3 nitrogen and oxygen atoms in total. The van der Waals surface area contributed by atoms with E-state index in [0.29, 0.717) is 12.1 Å². The summed E-state index contributed by atoms with van der Waals surface area (Å²) in [5.74, 6) is 0.961. The lowest BCUT2D eigenvalue weighted by Gasteiger charge is -2.19. The van der Waals surface area contributed by atoms with Gasteiger partial charge in [-0.3, -0.25) is 0 Å². The lowest BCUT2D eigenvalue weighted by molar-refractivity contribution is 0.101. The molecule has 1 aliphatic heterocycles. The van der Waals surface area contributed by atoms with Crippen molar-refractivity contribution in [1.82, 2.24) is 5.32 Å². The highest BCUT2D eigenvalue weighted by atomic mass is 16.5. The van der Waals surface area contributed by atoms with E-state index in [1.807, 2.05) is 7.05 Å². The maximum atomic E-state index is 5.69. The van der Waals surface area contributed by atoms with Crippen molar-refractivity contribution in [2.75, 3.05) is 20.8 Å². The maximum Gasteiger partial charge on any atom is 0.121 e. The average molecular weight is 277 g/mol. The monoisotopic (exact) mass is 277 g/mol. The fourth-order valence-electron chi connectivity index (χ4n) is 3.02. The Morgan fingerprint density at radius 1 is 1.45 bits per heavy atom. The largest absolute Gasteiger partial charge is 0.496 e. The highest BCUT2D eigenvalue weighted by Crippen LogP contribution is 2.26. The van der Waals surface area contributed by atoms with Gasteiger partial charge in [-0.25, -0.2) is 0 Å². The SMILES string of the molecule is CNC(CCCC1CCCO1)c1ccc(OC)c(C)c1. The van der Waals surface area contributed by atoms with Crippen molar-refractivity contribution < 1.29 is 9.47 Å². The molecule has 0 aliphatic carbocycles. The third kappa shape index (κ3) is 3.97. The zero-order valence-electron chi connectivity index (χ0n) is 12.9. The molecule has 112 valence electrons. The molecule has 1 N–H and O–H groups in total. The molecule has 0 amide bonds. The fourth-order valence-corrected chi connectivity index (χ4v) is 3.02. The average Bonchev–Trinajstić information content (AvgIpc) is 2.97. The molecule has 2 unspecified atom stereocenters. The molecule has 0 radical (unpaired) electrons. The number of hydrogen-bond donors (Lipinski definition) is 1. The first-order valence-electron chi connectivity index (χ1n) is 7.68. The summed E-state index contributed by atoms with van der Waals surface area (Å²) in [5.41, 5.74) is 2.54. The molecule has 0 bridgehead atoms. The second-order valence-electron chi connectivity index (χ2n) is 5.64. The minimum Gasteiger partial charge on any atom is -0.496 e. The van der Waals surface area contributed by atoms with E-state index >= 15 is 0 Å².